The van der Waals surface area contributed by atoms with Gasteiger partial charge in [0.2, 0.25) is 11.1 Å². The molecule has 0 aromatic heterocycles. The predicted molar refractivity (Wildman–Crippen MR) is 70.9 cm³/mol. The molecule has 102 valence electrons. The lowest BCUT2D eigenvalue weighted by Gasteiger charge is -2.19. The maximum atomic E-state index is 11.9. The molecular weight excluding hydrogens is 270 g/mol. The minimum atomic E-state index is -0.483. The van der Waals surface area contributed by atoms with Gasteiger partial charge in [0, 0.05) is 19.0 Å². The summed E-state index contributed by atoms with van der Waals surface area (Å²) in [6.07, 6.45) is 0.136. The Balaban J connectivity index is 2.31. The number of benzene rings is 1. The van der Waals surface area contributed by atoms with Crippen molar-refractivity contribution < 1.29 is 19.1 Å². The number of hydrogen-bond donors (Lipinski definition) is 0. The fourth-order valence-corrected chi connectivity index (χ4v) is 2.25. The fraction of sp³-hybridized carbons (Fsp3) is 0.385. The maximum absolute atomic E-state index is 11.9. The van der Waals surface area contributed by atoms with Gasteiger partial charge in [0.25, 0.3) is 0 Å². The zero-order chi connectivity index (χ0) is 14.0. The first-order valence-electron chi connectivity index (χ1n) is 5.78. The summed E-state index contributed by atoms with van der Waals surface area (Å²) in [7, 11) is 3.07. The summed E-state index contributed by atoms with van der Waals surface area (Å²) < 4.78 is 10.4. The van der Waals surface area contributed by atoms with E-state index in [-0.39, 0.29) is 18.9 Å². The molecule has 0 saturated carbocycles. The second-order valence-electron chi connectivity index (χ2n) is 4.25. The van der Waals surface area contributed by atoms with Gasteiger partial charge < -0.3 is 14.4 Å². The molecule has 19 heavy (non-hydrogen) atoms. The highest BCUT2D eigenvalue weighted by Gasteiger charge is 2.35. The van der Waals surface area contributed by atoms with Crippen molar-refractivity contribution in [2.45, 2.75) is 6.42 Å². The smallest absolute Gasteiger partial charge is 0.227 e. The molecule has 1 aliphatic heterocycles. The van der Waals surface area contributed by atoms with E-state index in [0.29, 0.717) is 17.2 Å². The number of ether oxygens (including phenoxy) is 2. The van der Waals surface area contributed by atoms with Crippen LogP contribution in [-0.2, 0) is 9.59 Å². The molecule has 1 heterocycles. The zero-order valence-corrected chi connectivity index (χ0v) is 11.4. The Morgan fingerprint density at radius 3 is 2.63 bits per heavy atom. The van der Waals surface area contributed by atoms with Gasteiger partial charge in [-0.1, -0.05) is 0 Å². The van der Waals surface area contributed by atoms with E-state index in [1.807, 2.05) is 0 Å². The topological polar surface area (TPSA) is 55.8 Å². The van der Waals surface area contributed by atoms with E-state index in [1.54, 1.807) is 25.3 Å². The van der Waals surface area contributed by atoms with Crippen LogP contribution in [0.4, 0.5) is 5.69 Å². The first kappa shape index (κ1) is 13.7. The van der Waals surface area contributed by atoms with Gasteiger partial charge in [-0.2, -0.15) is 0 Å². The van der Waals surface area contributed by atoms with Crippen LogP contribution in [0.15, 0.2) is 18.2 Å². The second-order valence-corrected chi connectivity index (χ2v) is 4.62. The predicted octanol–water partition coefficient (Wildman–Crippen LogP) is 1.82. The van der Waals surface area contributed by atoms with Crippen LogP contribution in [0.2, 0.25) is 0 Å². The lowest BCUT2D eigenvalue weighted by atomic mass is 10.1. The Bertz CT molecular complexity index is 517. The third-order valence-electron chi connectivity index (χ3n) is 3.12. The quantitative estimate of drug-likeness (QED) is 0.791. The van der Waals surface area contributed by atoms with Crippen molar-refractivity contribution in [2.75, 3.05) is 25.7 Å². The Hall–Kier alpha value is -1.75. The number of hydrogen-bond acceptors (Lipinski definition) is 4. The number of methoxy groups -OCH3 is 2. The van der Waals surface area contributed by atoms with E-state index >= 15 is 0 Å². The summed E-state index contributed by atoms with van der Waals surface area (Å²) in [5.41, 5.74) is 0.619. The van der Waals surface area contributed by atoms with E-state index in [2.05, 4.69) is 0 Å². The molecule has 5 nitrogen and oxygen atoms in total. The van der Waals surface area contributed by atoms with Crippen molar-refractivity contribution >= 4 is 28.4 Å². The van der Waals surface area contributed by atoms with E-state index in [9.17, 15) is 9.59 Å². The van der Waals surface area contributed by atoms with E-state index < -0.39 is 11.2 Å². The molecule has 2 rings (SSSR count). The maximum Gasteiger partial charge on any atom is 0.227 e. The molecule has 1 amide bonds. The van der Waals surface area contributed by atoms with Crippen molar-refractivity contribution in [3.8, 4) is 11.5 Å². The number of nitrogens with zero attached hydrogens (tertiary/aromatic N) is 1. The lowest BCUT2D eigenvalue weighted by Crippen LogP contribution is -2.25. The minimum absolute atomic E-state index is 0.136. The van der Waals surface area contributed by atoms with Gasteiger partial charge in [0.05, 0.1) is 25.8 Å². The number of halogens is 1. The number of carbonyl (C=O) groups excluding carboxylic acids is 2. The van der Waals surface area contributed by atoms with Crippen molar-refractivity contribution in [3.05, 3.63) is 18.2 Å². The molecule has 1 atom stereocenters. The second kappa shape index (κ2) is 5.48. The van der Waals surface area contributed by atoms with Crippen LogP contribution in [-0.4, -0.2) is 31.9 Å². The zero-order valence-electron chi connectivity index (χ0n) is 10.7. The molecule has 1 aliphatic rings. The van der Waals surface area contributed by atoms with Crippen molar-refractivity contribution in [3.63, 3.8) is 0 Å². The lowest BCUT2D eigenvalue weighted by molar-refractivity contribution is -0.120. The van der Waals surface area contributed by atoms with Crippen LogP contribution in [0.25, 0.3) is 0 Å². The summed E-state index contributed by atoms with van der Waals surface area (Å²) in [5.74, 6) is 0.566. The Morgan fingerprint density at radius 2 is 2.11 bits per heavy atom. The number of amides is 1. The Labute approximate surface area is 116 Å². The number of anilines is 1. The molecule has 0 N–H and O–H groups in total. The summed E-state index contributed by atoms with van der Waals surface area (Å²) in [4.78, 5) is 24.6. The molecule has 6 heteroatoms. The Kier molecular flexibility index (Phi) is 3.95. The van der Waals surface area contributed by atoms with Crippen molar-refractivity contribution in [2.24, 2.45) is 5.92 Å². The highest BCUT2D eigenvalue weighted by molar-refractivity contribution is 6.64. The molecule has 0 aliphatic carbocycles. The molecule has 0 unspecified atom stereocenters. The van der Waals surface area contributed by atoms with Crippen LogP contribution in [0, 0.1) is 5.92 Å². The van der Waals surface area contributed by atoms with Gasteiger partial charge >= 0.3 is 0 Å². The molecular formula is C13H14ClNO4. The highest BCUT2D eigenvalue weighted by atomic mass is 35.5. The third-order valence-corrected chi connectivity index (χ3v) is 3.43. The third kappa shape index (κ3) is 2.66. The van der Waals surface area contributed by atoms with Gasteiger partial charge in [-0.3, -0.25) is 9.59 Å². The van der Waals surface area contributed by atoms with Gasteiger partial charge in [0.15, 0.2) is 0 Å². The van der Waals surface area contributed by atoms with Crippen molar-refractivity contribution in [1.82, 2.24) is 0 Å². The van der Waals surface area contributed by atoms with Crippen LogP contribution in [0.1, 0.15) is 6.42 Å². The molecule has 0 radical (unpaired) electrons. The Morgan fingerprint density at radius 1 is 1.37 bits per heavy atom. The van der Waals surface area contributed by atoms with Crippen LogP contribution in [0.3, 0.4) is 0 Å². The molecule has 0 bridgehead atoms. The molecule has 1 aromatic carbocycles. The van der Waals surface area contributed by atoms with Gasteiger partial charge in [-0.05, 0) is 23.7 Å². The normalized spacial score (nSPS) is 18.6. The average molecular weight is 284 g/mol. The number of rotatable bonds is 4. The SMILES string of the molecule is COc1ccc(N2C[C@@H](C(=O)Cl)CC2=O)c(OC)c1. The first-order chi connectivity index (χ1) is 9.06. The van der Waals surface area contributed by atoms with Crippen LogP contribution >= 0.6 is 11.6 Å². The summed E-state index contributed by atoms with van der Waals surface area (Å²) in [6, 6.07) is 5.16. The first-order valence-corrected chi connectivity index (χ1v) is 6.16. The highest BCUT2D eigenvalue weighted by Crippen LogP contribution is 2.36. The monoisotopic (exact) mass is 283 g/mol. The number of carbonyl (C=O) groups is 2. The van der Waals surface area contributed by atoms with E-state index in [1.165, 1.54) is 12.0 Å². The molecule has 1 saturated heterocycles. The van der Waals surface area contributed by atoms with Gasteiger partial charge in [0.1, 0.15) is 11.5 Å². The summed E-state index contributed by atoms with van der Waals surface area (Å²) >= 11 is 5.45. The average Bonchev–Trinajstić information content (AvgIpc) is 2.80. The molecule has 0 spiro atoms. The molecule has 1 aromatic rings. The summed E-state index contributed by atoms with van der Waals surface area (Å²) in [5, 5.41) is -0.483. The van der Waals surface area contributed by atoms with Gasteiger partial charge in [-0.15, -0.1) is 0 Å². The van der Waals surface area contributed by atoms with Crippen LogP contribution in [0.5, 0.6) is 11.5 Å². The largest absolute Gasteiger partial charge is 0.497 e. The fourth-order valence-electron chi connectivity index (χ4n) is 2.10. The summed E-state index contributed by atoms with van der Waals surface area (Å²) in [6.45, 7) is 0.282. The van der Waals surface area contributed by atoms with E-state index in [0.717, 1.165) is 0 Å². The minimum Gasteiger partial charge on any atom is -0.497 e. The standard InChI is InChI=1S/C13H14ClNO4/c1-18-9-3-4-10(11(6-9)19-2)15-7-8(13(14)17)5-12(15)16/h3-4,6,8H,5,7H2,1-2H3/t8-/m0/s1. The van der Waals surface area contributed by atoms with Crippen molar-refractivity contribution in [1.29, 1.82) is 0 Å². The molecule has 1 fully saturated rings. The van der Waals surface area contributed by atoms with Crippen LogP contribution < -0.4 is 14.4 Å². The van der Waals surface area contributed by atoms with E-state index in [4.69, 9.17) is 21.1 Å². The van der Waals surface area contributed by atoms with Gasteiger partial charge in [-0.25, -0.2) is 0 Å².